The number of hydrogen-bond donors (Lipinski definition) is 1. The number of likely N-dealkylation sites (N-methyl/N-ethyl adjacent to an activating group) is 1. The molecule has 1 saturated heterocycles. The normalized spacial score (nSPS) is 21.5. The Labute approximate surface area is 113 Å². The number of nitrogens with zero attached hydrogens (tertiary/aromatic N) is 1. The van der Waals surface area contributed by atoms with Crippen molar-refractivity contribution in [1.29, 1.82) is 0 Å². The molecule has 18 heavy (non-hydrogen) atoms. The second-order valence-electron chi connectivity index (χ2n) is 4.94. The van der Waals surface area contributed by atoms with E-state index in [0.717, 1.165) is 16.9 Å². The minimum absolute atomic E-state index is 0.115. The lowest BCUT2D eigenvalue weighted by atomic mass is 9.98. The minimum Gasteiger partial charge on any atom is -0.329 e. The van der Waals surface area contributed by atoms with E-state index < -0.39 is 0 Å². The molecule has 1 fully saturated rings. The molecule has 0 radical (unpaired) electrons. The summed E-state index contributed by atoms with van der Waals surface area (Å²) in [4.78, 5) is 2.32. The number of halogens is 1. The highest BCUT2D eigenvalue weighted by atomic mass is 32.2. The molecule has 2 unspecified atom stereocenters. The van der Waals surface area contributed by atoms with Gasteiger partial charge in [-0.3, -0.25) is 4.90 Å². The van der Waals surface area contributed by atoms with Crippen LogP contribution >= 0.6 is 11.8 Å². The van der Waals surface area contributed by atoms with Crippen molar-refractivity contribution in [3.8, 4) is 0 Å². The van der Waals surface area contributed by atoms with Crippen LogP contribution < -0.4 is 5.73 Å². The van der Waals surface area contributed by atoms with E-state index >= 15 is 0 Å². The third-order valence-corrected chi connectivity index (χ3v) is 4.94. The molecule has 0 amide bonds. The lowest BCUT2D eigenvalue weighted by molar-refractivity contribution is 0.192. The molecular weight excluding hydrogens is 247 g/mol. The second-order valence-corrected chi connectivity index (χ2v) is 6.09. The lowest BCUT2D eigenvalue weighted by Crippen LogP contribution is -2.39. The van der Waals surface area contributed by atoms with Crippen LogP contribution in [-0.2, 0) is 0 Å². The Hall–Kier alpha value is -0.580. The zero-order valence-electron chi connectivity index (χ0n) is 11.0. The molecule has 1 heterocycles. The summed E-state index contributed by atoms with van der Waals surface area (Å²) in [5.41, 5.74) is 8.06. The molecule has 1 aliphatic heterocycles. The number of rotatable bonds is 4. The maximum Gasteiger partial charge on any atom is 0.123 e. The summed E-state index contributed by atoms with van der Waals surface area (Å²) in [6.45, 7) is 2.55. The van der Waals surface area contributed by atoms with Gasteiger partial charge in [0.15, 0.2) is 0 Å². The summed E-state index contributed by atoms with van der Waals surface area (Å²) < 4.78 is 13.4. The summed E-state index contributed by atoms with van der Waals surface area (Å²) >= 11 is 1.98. The zero-order chi connectivity index (χ0) is 13.1. The van der Waals surface area contributed by atoms with Gasteiger partial charge in [-0.1, -0.05) is 6.07 Å². The van der Waals surface area contributed by atoms with Gasteiger partial charge in [0.25, 0.3) is 0 Å². The van der Waals surface area contributed by atoms with Gasteiger partial charge in [-0.2, -0.15) is 11.8 Å². The van der Waals surface area contributed by atoms with Gasteiger partial charge in [-0.25, -0.2) is 4.39 Å². The Bertz CT molecular complexity index is 405. The van der Waals surface area contributed by atoms with Crippen LogP contribution in [0.5, 0.6) is 0 Å². The fraction of sp³-hybridized carbons (Fsp3) is 0.571. The van der Waals surface area contributed by atoms with E-state index in [1.54, 1.807) is 6.07 Å². The van der Waals surface area contributed by atoms with Crippen molar-refractivity contribution in [3.05, 3.63) is 35.1 Å². The van der Waals surface area contributed by atoms with Crippen molar-refractivity contribution in [2.24, 2.45) is 5.73 Å². The number of benzene rings is 1. The van der Waals surface area contributed by atoms with Crippen molar-refractivity contribution in [3.63, 3.8) is 0 Å². The first-order chi connectivity index (χ1) is 8.63. The Morgan fingerprint density at radius 2 is 2.33 bits per heavy atom. The zero-order valence-corrected chi connectivity index (χ0v) is 11.8. The Morgan fingerprint density at radius 1 is 1.56 bits per heavy atom. The number of thioether (sulfide) groups is 1. The monoisotopic (exact) mass is 268 g/mol. The summed E-state index contributed by atoms with van der Waals surface area (Å²) in [6.07, 6.45) is 1.20. The number of hydrogen-bond acceptors (Lipinski definition) is 3. The molecule has 2 nitrogen and oxygen atoms in total. The predicted octanol–water partition coefficient (Wildman–Crippen LogP) is 2.57. The van der Waals surface area contributed by atoms with Crippen molar-refractivity contribution in [1.82, 2.24) is 4.90 Å². The first kappa shape index (κ1) is 13.8. The van der Waals surface area contributed by atoms with Gasteiger partial charge in [0.1, 0.15) is 5.82 Å². The van der Waals surface area contributed by atoms with E-state index in [9.17, 15) is 4.39 Å². The standard InChI is InChI=1S/C14H21FN2S/c1-10-3-4-11(15)7-13(10)14(8-16)17(2)12-5-6-18-9-12/h3-4,7,12,14H,5-6,8-9,16H2,1-2H3. The Morgan fingerprint density at radius 3 is 2.94 bits per heavy atom. The molecule has 2 atom stereocenters. The van der Waals surface area contributed by atoms with Gasteiger partial charge >= 0.3 is 0 Å². The number of aryl methyl sites for hydroxylation is 1. The van der Waals surface area contributed by atoms with E-state index in [1.807, 2.05) is 24.8 Å². The minimum atomic E-state index is -0.178. The first-order valence-electron chi connectivity index (χ1n) is 6.39. The topological polar surface area (TPSA) is 29.3 Å². The van der Waals surface area contributed by atoms with Crippen molar-refractivity contribution in [2.45, 2.75) is 25.4 Å². The molecule has 2 N–H and O–H groups in total. The highest BCUT2D eigenvalue weighted by Crippen LogP contribution is 2.29. The van der Waals surface area contributed by atoms with Crippen LogP contribution in [0.15, 0.2) is 18.2 Å². The molecule has 0 aromatic heterocycles. The van der Waals surface area contributed by atoms with Crippen LogP contribution in [-0.4, -0.2) is 36.0 Å². The summed E-state index contributed by atoms with van der Waals surface area (Å²) in [6, 6.07) is 5.66. The smallest absolute Gasteiger partial charge is 0.123 e. The molecule has 0 bridgehead atoms. The summed E-state index contributed by atoms with van der Waals surface area (Å²) in [5, 5.41) is 0. The predicted molar refractivity (Wildman–Crippen MR) is 76.4 cm³/mol. The maximum atomic E-state index is 13.4. The van der Waals surface area contributed by atoms with Crippen molar-refractivity contribution >= 4 is 11.8 Å². The van der Waals surface area contributed by atoms with E-state index in [0.29, 0.717) is 12.6 Å². The van der Waals surface area contributed by atoms with Gasteiger partial charge in [0.05, 0.1) is 0 Å². The molecule has 1 aromatic carbocycles. The van der Waals surface area contributed by atoms with Crippen molar-refractivity contribution in [2.75, 3.05) is 25.1 Å². The molecule has 1 aromatic rings. The quantitative estimate of drug-likeness (QED) is 0.910. The van der Waals surface area contributed by atoms with Crippen LogP contribution in [0, 0.1) is 12.7 Å². The first-order valence-corrected chi connectivity index (χ1v) is 7.54. The van der Waals surface area contributed by atoms with Crippen LogP contribution in [0.4, 0.5) is 4.39 Å². The highest BCUT2D eigenvalue weighted by Gasteiger charge is 2.27. The van der Waals surface area contributed by atoms with E-state index in [2.05, 4.69) is 11.9 Å². The summed E-state index contributed by atoms with van der Waals surface area (Å²) in [5.74, 6) is 2.19. The molecule has 0 spiro atoms. The molecule has 0 aliphatic carbocycles. The molecule has 2 rings (SSSR count). The average Bonchev–Trinajstić information content (AvgIpc) is 2.88. The Kier molecular flexibility index (Phi) is 4.65. The largest absolute Gasteiger partial charge is 0.329 e. The molecule has 4 heteroatoms. The Balaban J connectivity index is 2.23. The number of nitrogens with two attached hydrogens (primary N) is 1. The SMILES string of the molecule is Cc1ccc(F)cc1C(CN)N(C)C1CCSC1. The molecule has 0 saturated carbocycles. The fourth-order valence-corrected chi connectivity index (χ4v) is 3.86. The third-order valence-electron chi connectivity index (χ3n) is 3.80. The van der Waals surface area contributed by atoms with Gasteiger partial charge in [0, 0.05) is 24.4 Å². The lowest BCUT2D eigenvalue weighted by Gasteiger charge is -2.33. The molecule has 100 valence electrons. The van der Waals surface area contributed by atoms with Crippen molar-refractivity contribution < 1.29 is 4.39 Å². The van der Waals surface area contributed by atoms with Gasteiger partial charge in [0.2, 0.25) is 0 Å². The third kappa shape index (κ3) is 2.87. The second kappa shape index (κ2) is 6.04. The fourth-order valence-electron chi connectivity index (χ4n) is 2.58. The van der Waals surface area contributed by atoms with Crippen LogP contribution in [0.25, 0.3) is 0 Å². The molecule has 1 aliphatic rings. The van der Waals surface area contributed by atoms with E-state index in [-0.39, 0.29) is 11.9 Å². The van der Waals surface area contributed by atoms with E-state index in [4.69, 9.17) is 5.73 Å². The van der Waals surface area contributed by atoms with Crippen LogP contribution in [0.1, 0.15) is 23.6 Å². The van der Waals surface area contributed by atoms with Crippen LogP contribution in [0.2, 0.25) is 0 Å². The van der Waals surface area contributed by atoms with Crippen LogP contribution in [0.3, 0.4) is 0 Å². The maximum absolute atomic E-state index is 13.4. The summed E-state index contributed by atoms with van der Waals surface area (Å²) in [7, 11) is 2.11. The molecular formula is C14H21FN2S. The van der Waals surface area contributed by atoms with Gasteiger partial charge in [-0.05, 0) is 49.4 Å². The highest BCUT2D eigenvalue weighted by molar-refractivity contribution is 7.99. The average molecular weight is 268 g/mol. The van der Waals surface area contributed by atoms with Gasteiger partial charge < -0.3 is 5.73 Å². The van der Waals surface area contributed by atoms with E-state index in [1.165, 1.54) is 18.2 Å². The van der Waals surface area contributed by atoms with Gasteiger partial charge in [-0.15, -0.1) is 0 Å².